The van der Waals surface area contributed by atoms with Gasteiger partial charge in [0.05, 0.1) is 35.3 Å². The van der Waals surface area contributed by atoms with Crippen molar-refractivity contribution in [3.8, 4) is 49.6 Å². The van der Waals surface area contributed by atoms with Gasteiger partial charge in [-0.3, -0.25) is 0 Å². The number of fused-ring (bicyclic) bond motifs is 1. The highest BCUT2D eigenvalue weighted by molar-refractivity contribution is 7.19. The smallest absolute Gasteiger partial charge is 0.180 e. The predicted octanol–water partition coefficient (Wildman–Crippen LogP) is 15.9. The van der Waals surface area contributed by atoms with Crippen molar-refractivity contribution in [2.24, 2.45) is 0 Å². The summed E-state index contributed by atoms with van der Waals surface area (Å²) < 4.78 is 32.0. The highest BCUT2D eigenvalue weighted by Gasteiger charge is 2.27. The molecule has 3 aromatic carbocycles. The first kappa shape index (κ1) is 47.7. The van der Waals surface area contributed by atoms with E-state index in [2.05, 4.69) is 103 Å². The van der Waals surface area contributed by atoms with Crippen LogP contribution in [0, 0.1) is 13.8 Å². The maximum atomic E-state index is 6.77. The first-order valence-corrected chi connectivity index (χ1v) is 25.1. The van der Waals surface area contributed by atoms with Crippen molar-refractivity contribution >= 4 is 28.4 Å². The van der Waals surface area contributed by atoms with Crippen molar-refractivity contribution in [1.29, 1.82) is 0 Å². The zero-order valence-electron chi connectivity index (χ0n) is 39.0. The van der Waals surface area contributed by atoms with E-state index >= 15 is 0 Å². The second-order valence-electron chi connectivity index (χ2n) is 16.9. The van der Waals surface area contributed by atoms with Crippen molar-refractivity contribution < 1.29 is 23.7 Å². The topological polar surface area (TPSA) is 75.2 Å². The molecule has 8 nitrogen and oxygen atoms in total. The molecule has 0 aliphatic carbocycles. The molecule has 0 saturated carbocycles. The Hall–Kier alpha value is -4.76. The number of aromatic nitrogens is 2. The van der Waals surface area contributed by atoms with E-state index in [-0.39, 0.29) is 0 Å². The van der Waals surface area contributed by atoms with Gasteiger partial charge in [-0.05, 0) is 86.7 Å². The van der Waals surface area contributed by atoms with Gasteiger partial charge in [-0.15, -0.1) is 11.3 Å². The molecule has 0 bridgehead atoms. The van der Waals surface area contributed by atoms with Gasteiger partial charge in [0.1, 0.15) is 36.3 Å². The molecule has 0 fully saturated rings. The maximum Gasteiger partial charge on any atom is 0.180 e. The molecule has 0 spiro atoms. The average Bonchev–Trinajstić information content (AvgIpc) is 3.69. The van der Waals surface area contributed by atoms with E-state index in [1.807, 2.05) is 19.3 Å². The van der Waals surface area contributed by atoms with E-state index in [1.54, 1.807) is 11.3 Å². The Labute approximate surface area is 382 Å². The van der Waals surface area contributed by atoms with E-state index in [1.165, 1.54) is 89.9 Å². The van der Waals surface area contributed by atoms with Gasteiger partial charge < -0.3 is 28.6 Å². The number of benzene rings is 3. The lowest BCUT2D eigenvalue weighted by Crippen LogP contribution is -2.15. The summed E-state index contributed by atoms with van der Waals surface area (Å²) in [7, 11) is 0. The van der Waals surface area contributed by atoms with E-state index in [0.29, 0.717) is 26.4 Å². The molecular formula is C54H73N3O5S. The van der Waals surface area contributed by atoms with Gasteiger partial charge in [-0.2, -0.15) is 0 Å². The van der Waals surface area contributed by atoms with Crippen LogP contribution in [0.3, 0.4) is 0 Å². The number of ether oxygens (including phenoxy) is 5. The summed E-state index contributed by atoms with van der Waals surface area (Å²) in [5.74, 6) is 4.84. The Balaban J connectivity index is 1.31. The molecular weight excluding hydrogens is 803 g/mol. The second kappa shape index (κ2) is 26.1. The fourth-order valence-electron chi connectivity index (χ4n) is 8.07. The fourth-order valence-corrected chi connectivity index (χ4v) is 9.24. The zero-order valence-corrected chi connectivity index (χ0v) is 39.8. The zero-order chi connectivity index (χ0) is 44.1. The minimum atomic E-state index is 0.505. The lowest BCUT2D eigenvalue weighted by Gasteiger charge is -2.29. The largest absolute Gasteiger partial charge is 0.494 e. The molecule has 0 radical (unpaired) electrons. The van der Waals surface area contributed by atoms with Crippen LogP contribution in [0.1, 0.15) is 148 Å². The van der Waals surface area contributed by atoms with Crippen molar-refractivity contribution in [1.82, 2.24) is 9.97 Å². The standard InChI is InChI=1S/C54H73N3O5S/c1-6-9-12-15-18-21-32-58-46-28-30-48(41(4)37-46)57(49-31-29-47(59-33-22-19-16-13-10-7-2)38-50(49)60-34-23-20-17-14-11-8-3)45-26-24-43(25-27-45)53-51-52(62-36-35-61-51)54(63-53)44-39-55-42(5)56-40-44/h24-31,37-40H,6-23,32-36H2,1-5H3. The molecule has 0 unspecified atom stereocenters. The van der Waals surface area contributed by atoms with Crippen molar-refractivity contribution in [2.45, 2.75) is 150 Å². The lowest BCUT2D eigenvalue weighted by atomic mass is 10.1. The van der Waals surface area contributed by atoms with Crippen LogP contribution < -0.4 is 28.6 Å². The van der Waals surface area contributed by atoms with E-state index in [0.717, 1.165) is 110 Å². The summed E-state index contributed by atoms with van der Waals surface area (Å²) in [6.45, 7) is 14.0. The van der Waals surface area contributed by atoms with Crippen molar-refractivity contribution in [2.75, 3.05) is 37.9 Å². The molecule has 6 rings (SSSR count). The lowest BCUT2D eigenvalue weighted by molar-refractivity contribution is 0.175. The summed E-state index contributed by atoms with van der Waals surface area (Å²) in [6.07, 6.45) is 25.7. The molecule has 340 valence electrons. The van der Waals surface area contributed by atoms with Gasteiger partial charge in [0.25, 0.3) is 0 Å². The van der Waals surface area contributed by atoms with Crippen LogP contribution in [0.4, 0.5) is 17.1 Å². The normalized spacial score (nSPS) is 12.1. The maximum absolute atomic E-state index is 6.77. The van der Waals surface area contributed by atoms with E-state index in [4.69, 9.17) is 23.7 Å². The molecule has 0 saturated heterocycles. The highest BCUT2D eigenvalue weighted by Crippen LogP contribution is 2.54. The van der Waals surface area contributed by atoms with Gasteiger partial charge in [0, 0.05) is 35.4 Å². The van der Waals surface area contributed by atoms with Crippen LogP contribution in [0.2, 0.25) is 0 Å². The third-order valence-corrected chi connectivity index (χ3v) is 13.0. The van der Waals surface area contributed by atoms with E-state index < -0.39 is 0 Å². The van der Waals surface area contributed by atoms with E-state index in [9.17, 15) is 0 Å². The van der Waals surface area contributed by atoms with Gasteiger partial charge in [-0.1, -0.05) is 129 Å². The fraction of sp³-hybridized carbons (Fsp3) is 0.519. The Morgan fingerprint density at radius 1 is 0.524 bits per heavy atom. The summed E-state index contributed by atoms with van der Waals surface area (Å²) in [4.78, 5) is 13.3. The number of aryl methyl sites for hydroxylation is 2. The van der Waals surface area contributed by atoms with Gasteiger partial charge >= 0.3 is 0 Å². The number of anilines is 3. The minimum Gasteiger partial charge on any atom is -0.494 e. The van der Waals surface area contributed by atoms with Crippen LogP contribution in [0.5, 0.6) is 28.7 Å². The Kier molecular flexibility index (Phi) is 19.8. The first-order valence-electron chi connectivity index (χ1n) is 24.3. The van der Waals surface area contributed by atoms with Gasteiger partial charge in [-0.25, -0.2) is 9.97 Å². The summed E-state index contributed by atoms with van der Waals surface area (Å²) in [5, 5.41) is 0. The Morgan fingerprint density at radius 2 is 1.00 bits per heavy atom. The average molecular weight is 876 g/mol. The Morgan fingerprint density at radius 3 is 1.54 bits per heavy atom. The van der Waals surface area contributed by atoms with Gasteiger partial charge in [0.2, 0.25) is 0 Å². The highest BCUT2D eigenvalue weighted by atomic mass is 32.1. The summed E-state index contributed by atoms with van der Waals surface area (Å²) in [6, 6.07) is 21.6. The molecule has 0 atom stereocenters. The monoisotopic (exact) mass is 876 g/mol. The molecule has 3 heterocycles. The molecule has 2 aromatic heterocycles. The number of hydrogen-bond acceptors (Lipinski definition) is 9. The van der Waals surface area contributed by atoms with Crippen LogP contribution in [0.15, 0.2) is 73.1 Å². The molecule has 1 aliphatic heterocycles. The van der Waals surface area contributed by atoms with Crippen molar-refractivity contribution in [3.05, 3.63) is 84.4 Å². The third-order valence-electron chi connectivity index (χ3n) is 11.7. The molecule has 9 heteroatoms. The third kappa shape index (κ3) is 14.1. The number of hydrogen-bond donors (Lipinski definition) is 0. The quantitative estimate of drug-likeness (QED) is 0.0440. The van der Waals surface area contributed by atoms with Crippen LogP contribution in [-0.2, 0) is 0 Å². The van der Waals surface area contributed by atoms with Crippen LogP contribution in [-0.4, -0.2) is 43.0 Å². The minimum absolute atomic E-state index is 0.505. The summed E-state index contributed by atoms with van der Waals surface area (Å²) in [5.41, 5.74) is 6.14. The molecule has 1 aliphatic rings. The predicted molar refractivity (Wildman–Crippen MR) is 263 cm³/mol. The van der Waals surface area contributed by atoms with Crippen molar-refractivity contribution in [3.63, 3.8) is 0 Å². The number of thiophene rings is 1. The molecule has 0 amide bonds. The molecule has 5 aromatic rings. The molecule has 63 heavy (non-hydrogen) atoms. The van der Waals surface area contributed by atoms with Crippen LogP contribution in [0.25, 0.3) is 20.9 Å². The first-order chi connectivity index (χ1) is 31.0. The second-order valence-corrected chi connectivity index (χ2v) is 18.0. The van der Waals surface area contributed by atoms with Crippen LogP contribution >= 0.6 is 11.3 Å². The summed E-state index contributed by atoms with van der Waals surface area (Å²) >= 11 is 1.65. The number of nitrogens with zero attached hydrogens (tertiary/aromatic N) is 3. The number of rotatable bonds is 29. The van der Waals surface area contributed by atoms with Gasteiger partial charge in [0.15, 0.2) is 11.5 Å². The molecule has 0 N–H and O–H groups in total. The Bertz CT molecular complexity index is 2080. The number of unbranched alkanes of at least 4 members (excludes halogenated alkanes) is 15. The SMILES string of the molecule is CCCCCCCCOc1ccc(N(c2ccc(-c3sc(-c4cnc(C)nc4)c4c3OCCO4)cc2)c2ccc(OCCCCCCCC)cc2OCCCCCCCC)c(C)c1.